The minimum absolute atomic E-state index is 0.183. The van der Waals surface area contributed by atoms with Crippen molar-refractivity contribution < 1.29 is 9.53 Å². The second-order valence-electron chi connectivity index (χ2n) is 6.29. The summed E-state index contributed by atoms with van der Waals surface area (Å²) in [5, 5.41) is 3.35. The van der Waals surface area contributed by atoms with Crippen molar-refractivity contribution in [2.75, 3.05) is 75.8 Å². The summed E-state index contributed by atoms with van der Waals surface area (Å²) in [5.74, 6) is 0.183. The SMILES string of the molecule is CCN1CCN(C(=O)CNc2ccccc2N2CCOCC2)CC1. The van der Waals surface area contributed by atoms with Crippen LogP contribution >= 0.6 is 0 Å². The number of likely N-dealkylation sites (N-methyl/N-ethyl adjacent to an activating group) is 1. The third-order valence-electron chi connectivity index (χ3n) is 4.86. The van der Waals surface area contributed by atoms with E-state index in [0.29, 0.717) is 6.54 Å². The van der Waals surface area contributed by atoms with Gasteiger partial charge in [0.05, 0.1) is 31.1 Å². The molecular formula is C18H28N4O2. The molecule has 6 heteroatoms. The van der Waals surface area contributed by atoms with Crippen molar-refractivity contribution in [2.24, 2.45) is 0 Å². The molecular weight excluding hydrogens is 304 g/mol. The lowest BCUT2D eigenvalue weighted by molar-refractivity contribution is -0.131. The highest BCUT2D eigenvalue weighted by Crippen LogP contribution is 2.26. The van der Waals surface area contributed by atoms with E-state index < -0.39 is 0 Å². The second-order valence-corrected chi connectivity index (χ2v) is 6.29. The zero-order valence-electron chi connectivity index (χ0n) is 14.5. The Morgan fingerprint density at radius 3 is 2.50 bits per heavy atom. The molecule has 2 aliphatic rings. The minimum atomic E-state index is 0.183. The highest BCUT2D eigenvalue weighted by atomic mass is 16.5. The molecule has 1 aromatic rings. The average Bonchev–Trinajstić information content (AvgIpc) is 2.67. The Morgan fingerprint density at radius 2 is 1.79 bits per heavy atom. The van der Waals surface area contributed by atoms with Gasteiger partial charge < -0.3 is 24.8 Å². The Bertz CT molecular complexity index is 538. The first-order valence-electron chi connectivity index (χ1n) is 8.93. The predicted octanol–water partition coefficient (Wildman–Crippen LogP) is 1.10. The largest absolute Gasteiger partial charge is 0.378 e. The van der Waals surface area contributed by atoms with Crippen LogP contribution in [0.15, 0.2) is 24.3 Å². The maximum atomic E-state index is 12.5. The van der Waals surface area contributed by atoms with Crippen LogP contribution in [-0.4, -0.2) is 81.3 Å². The van der Waals surface area contributed by atoms with Crippen LogP contribution in [0.25, 0.3) is 0 Å². The molecule has 2 saturated heterocycles. The Labute approximate surface area is 144 Å². The van der Waals surface area contributed by atoms with E-state index in [0.717, 1.165) is 70.4 Å². The zero-order chi connectivity index (χ0) is 16.8. The Morgan fingerprint density at radius 1 is 1.08 bits per heavy atom. The molecule has 24 heavy (non-hydrogen) atoms. The molecule has 2 fully saturated rings. The van der Waals surface area contributed by atoms with Crippen molar-refractivity contribution in [1.82, 2.24) is 9.80 Å². The number of hydrogen-bond acceptors (Lipinski definition) is 5. The van der Waals surface area contributed by atoms with Gasteiger partial charge in [-0.2, -0.15) is 0 Å². The lowest BCUT2D eigenvalue weighted by Gasteiger charge is -2.34. The van der Waals surface area contributed by atoms with Crippen LogP contribution in [0.2, 0.25) is 0 Å². The fourth-order valence-electron chi connectivity index (χ4n) is 3.30. The van der Waals surface area contributed by atoms with Gasteiger partial charge >= 0.3 is 0 Å². The molecule has 132 valence electrons. The summed E-state index contributed by atoms with van der Waals surface area (Å²) in [6.45, 7) is 10.5. The van der Waals surface area contributed by atoms with Gasteiger partial charge in [0, 0.05) is 39.3 Å². The molecule has 1 amide bonds. The number of carbonyl (C=O) groups excluding carboxylic acids is 1. The lowest BCUT2D eigenvalue weighted by atomic mass is 10.2. The summed E-state index contributed by atoms with van der Waals surface area (Å²) >= 11 is 0. The van der Waals surface area contributed by atoms with Gasteiger partial charge in [-0.3, -0.25) is 4.79 Å². The molecule has 0 radical (unpaired) electrons. The standard InChI is InChI=1S/C18H28N4O2/c1-2-20-7-9-22(10-8-20)18(23)15-19-16-5-3-4-6-17(16)21-11-13-24-14-12-21/h3-6,19H,2,7-15H2,1H3. The number of hydrogen-bond donors (Lipinski definition) is 1. The van der Waals surface area contributed by atoms with Gasteiger partial charge in [-0.05, 0) is 18.7 Å². The molecule has 2 aliphatic heterocycles. The number of benzene rings is 1. The van der Waals surface area contributed by atoms with Crippen LogP contribution in [-0.2, 0) is 9.53 Å². The average molecular weight is 332 g/mol. The van der Waals surface area contributed by atoms with E-state index in [1.54, 1.807) is 0 Å². The van der Waals surface area contributed by atoms with Crippen LogP contribution < -0.4 is 10.2 Å². The van der Waals surface area contributed by atoms with Gasteiger partial charge in [-0.1, -0.05) is 19.1 Å². The fraction of sp³-hybridized carbons (Fsp3) is 0.611. The topological polar surface area (TPSA) is 48.0 Å². The van der Waals surface area contributed by atoms with Gasteiger partial charge in [-0.15, -0.1) is 0 Å². The van der Waals surface area contributed by atoms with Crippen LogP contribution in [0.3, 0.4) is 0 Å². The maximum absolute atomic E-state index is 12.5. The summed E-state index contributed by atoms with van der Waals surface area (Å²) in [6, 6.07) is 8.21. The number of rotatable bonds is 5. The Balaban J connectivity index is 1.55. The summed E-state index contributed by atoms with van der Waals surface area (Å²) in [5.41, 5.74) is 2.18. The first-order valence-corrected chi connectivity index (χ1v) is 8.93. The first kappa shape index (κ1) is 17.0. The maximum Gasteiger partial charge on any atom is 0.241 e. The van der Waals surface area contributed by atoms with E-state index in [-0.39, 0.29) is 5.91 Å². The number of anilines is 2. The van der Waals surface area contributed by atoms with Gasteiger partial charge in [0.25, 0.3) is 0 Å². The minimum Gasteiger partial charge on any atom is -0.378 e. The van der Waals surface area contributed by atoms with E-state index in [1.165, 1.54) is 0 Å². The van der Waals surface area contributed by atoms with E-state index >= 15 is 0 Å². The number of ether oxygens (including phenoxy) is 1. The van der Waals surface area contributed by atoms with Gasteiger partial charge in [0.1, 0.15) is 0 Å². The number of para-hydroxylation sites is 2. The molecule has 0 atom stereocenters. The molecule has 3 rings (SSSR count). The number of carbonyl (C=O) groups is 1. The Kier molecular flexibility index (Phi) is 5.93. The van der Waals surface area contributed by atoms with Gasteiger partial charge in [0.2, 0.25) is 5.91 Å². The van der Waals surface area contributed by atoms with Crippen molar-refractivity contribution >= 4 is 17.3 Å². The van der Waals surface area contributed by atoms with E-state index in [2.05, 4.69) is 28.1 Å². The van der Waals surface area contributed by atoms with E-state index in [9.17, 15) is 4.79 Å². The van der Waals surface area contributed by atoms with Crippen LogP contribution in [0, 0.1) is 0 Å². The predicted molar refractivity (Wildman–Crippen MR) is 96.7 cm³/mol. The number of morpholine rings is 1. The Hall–Kier alpha value is -1.79. The van der Waals surface area contributed by atoms with Gasteiger partial charge in [0.15, 0.2) is 0 Å². The zero-order valence-corrected chi connectivity index (χ0v) is 14.5. The number of amides is 1. The van der Waals surface area contributed by atoms with Crippen LogP contribution in [0.5, 0.6) is 0 Å². The normalized spacial score (nSPS) is 19.4. The fourth-order valence-corrected chi connectivity index (χ4v) is 3.30. The van der Waals surface area contributed by atoms with Crippen molar-refractivity contribution in [3.8, 4) is 0 Å². The van der Waals surface area contributed by atoms with E-state index in [4.69, 9.17) is 4.74 Å². The summed E-state index contributed by atoms with van der Waals surface area (Å²) in [7, 11) is 0. The van der Waals surface area contributed by atoms with Crippen molar-refractivity contribution in [1.29, 1.82) is 0 Å². The monoisotopic (exact) mass is 332 g/mol. The van der Waals surface area contributed by atoms with Gasteiger partial charge in [-0.25, -0.2) is 0 Å². The third kappa shape index (κ3) is 4.19. The highest BCUT2D eigenvalue weighted by Gasteiger charge is 2.20. The summed E-state index contributed by atoms with van der Waals surface area (Å²) in [4.78, 5) is 19.1. The van der Waals surface area contributed by atoms with E-state index in [1.807, 2.05) is 23.1 Å². The molecule has 1 N–H and O–H groups in total. The molecule has 1 aromatic carbocycles. The number of piperazine rings is 1. The summed E-state index contributed by atoms with van der Waals surface area (Å²) in [6.07, 6.45) is 0. The molecule has 2 heterocycles. The molecule has 0 bridgehead atoms. The lowest BCUT2D eigenvalue weighted by Crippen LogP contribution is -2.49. The summed E-state index contributed by atoms with van der Waals surface area (Å²) < 4.78 is 5.43. The molecule has 0 aliphatic carbocycles. The van der Waals surface area contributed by atoms with Crippen LogP contribution in [0.4, 0.5) is 11.4 Å². The first-order chi connectivity index (χ1) is 11.8. The number of nitrogens with one attached hydrogen (secondary N) is 1. The number of nitrogens with zero attached hydrogens (tertiary/aromatic N) is 3. The molecule has 0 unspecified atom stereocenters. The third-order valence-corrected chi connectivity index (χ3v) is 4.86. The van der Waals surface area contributed by atoms with Crippen LogP contribution in [0.1, 0.15) is 6.92 Å². The quantitative estimate of drug-likeness (QED) is 0.875. The smallest absolute Gasteiger partial charge is 0.241 e. The highest BCUT2D eigenvalue weighted by molar-refractivity contribution is 5.83. The molecule has 6 nitrogen and oxygen atoms in total. The molecule has 0 aromatic heterocycles. The van der Waals surface area contributed by atoms with Crippen molar-refractivity contribution in [3.05, 3.63) is 24.3 Å². The van der Waals surface area contributed by atoms with Crippen molar-refractivity contribution in [3.63, 3.8) is 0 Å². The second kappa shape index (κ2) is 8.35. The van der Waals surface area contributed by atoms with Crippen molar-refractivity contribution in [2.45, 2.75) is 6.92 Å². The molecule has 0 saturated carbocycles. The molecule has 0 spiro atoms.